The Morgan fingerprint density at radius 1 is 1.13 bits per heavy atom. The summed E-state index contributed by atoms with van der Waals surface area (Å²) in [5, 5.41) is 2.97. The SMILES string of the molecule is CN(C)S(=O)(=O)N(CC(=O)NC1CCCCC1)c1ccccc1. The van der Waals surface area contributed by atoms with Crippen molar-refractivity contribution >= 4 is 21.8 Å². The van der Waals surface area contributed by atoms with Crippen molar-refractivity contribution in [3.05, 3.63) is 30.3 Å². The lowest BCUT2D eigenvalue weighted by atomic mass is 9.95. The number of benzene rings is 1. The number of nitrogens with zero attached hydrogens (tertiary/aromatic N) is 2. The van der Waals surface area contributed by atoms with Gasteiger partial charge in [-0.15, -0.1) is 0 Å². The Balaban J connectivity index is 2.13. The van der Waals surface area contributed by atoms with E-state index in [0.717, 1.165) is 34.3 Å². The first-order chi connectivity index (χ1) is 10.9. The van der Waals surface area contributed by atoms with Crippen molar-refractivity contribution in [3.8, 4) is 0 Å². The third-order valence-electron chi connectivity index (χ3n) is 4.04. The molecule has 0 atom stereocenters. The molecule has 1 aromatic carbocycles. The monoisotopic (exact) mass is 339 g/mol. The summed E-state index contributed by atoms with van der Waals surface area (Å²) in [4.78, 5) is 12.3. The molecular formula is C16H25N3O3S. The predicted octanol–water partition coefficient (Wildman–Crippen LogP) is 1.75. The zero-order valence-electron chi connectivity index (χ0n) is 13.7. The number of carbonyl (C=O) groups is 1. The summed E-state index contributed by atoms with van der Waals surface area (Å²) in [6.07, 6.45) is 5.37. The van der Waals surface area contributed by atoms with E-state index >= 15 is 0 Å². The maximum atomic E-state index is 12.5. The molecule has 0 aliphatic heterocycles. The Morgan fingerprint density at radius 3 is 2.30 bits per heavy atom. The van der Waals surface area contributed by atoms with Gasteiger partial charge in [-0.1, -0.05) is 37.5 Å². The van der Waals surface area contributed by atoms with Crippen LogP contribution in [0.25, 0.3) is 0 Å². The number of hydrogen-bond donors (Lipinski definition) is 1. The number of rotatable bonds is 6. The average molecular weight is 339 g/mol. The molecule has 0 bridgehead atoms. The van der Waals surface area contributed by atoms with E-state index in [0.29, 0.717) is 5.69 Å². The van der Waals surface area contributed by atoms with Crippen LogP contribution in [-0.2, 0) is 15.0 Å². The minimum absolute atomic E-state index is 0.163. The van der Waals surface area contributed by atoms with Crippen LogP contribution in [0.4, 0.5) is 5.69 Å². The molecule has 1 aliphatic carbocycles. The minimum atomic E-state index is -3.72. The van der Waals surface area contributed by atoms with Gasteiger partial charge in [-0.2, -0.15) is 12.7 Å². The Bertz CT molecular complexity index is 611. The molecule has 0 spiro atoms. The molecule has 1 aromatic rings. The van der Waals surface area contributed by atoms with Crippen molar-refractivity contribution in [2.45, 2.75) is 38.1 Å². The van der Waals surface area contributed by atoms with E-state index in [2.05, 4.69) is 5.32 Å². The largest absolute Gasteiger partial charge is 0.352 e. The van der Waals surface area contributed by atoms with Crippen LogP contribution in [0.15, 0.2) is 30.3 Å². The van der Waals surface area contributed by atoms with Crippen LogP contribution in [0.3, 0.4) is 0 Å². The number of hydrogen-bond acceptors (Lipinski definition) is 3. The fraction of sp³-hybridized carbons (Fsp3) is 0.562. The van der Waals surface area contributed by atoms with E-state index in [-0.39, 0.29) is 18.5 Å². The maximum Gasteiger partial charge on any atom is 0.304 e. The summed E-state index contributed by atoms with van der Waals surface area (Å²) < 4.78 is 27.3. The predicted molar refractivity (Wildman–Crippen MR) is 91.4 cm³/mol. The molecule has 7 heteroatoms. The molecule has 6 nitrogen and oxygen atoms in total. The van der Waals surface area contributed by atoms with Crippen molar-refractivity contribution in [1.82, 2.24) is 9.62 Å². The first-order valence-electron chi connectivity index (χ1n) is 7.96. The molecule has 0 radical (unpaired) electrons. The molecule has 1 N–H and O–H groups in total. The van der Waals surface area contributed by atoms with Gasteiger partial charge in [0.1, 0.15) is 6.54 Å². The van der Waals surface area contributed by atoms with E-state index in [1.165, 1.54) is 20.5 Å². The average Bonchev–Trinajstić information content (AvgIpc) is 2.54. The van der Waals surface area contributed by atoms with E-state index in [4.69, 9.17) is 0 Å². The number of carbonyl (C=O) groups excluding carboxylic acids is 1. The molecule has 128 valence electrons. The quantitative estimate of drug-likeness (QED) is 0.858. The fourth-order valence-electron chi connectivity index (χ4n) is 2.75. The second-order valence-electron chi connectivity index (χ2n) is 6.03. The van der Waals surface area contributed by atoms with Gasteiger partial charge in [-0.25, -0.2) is 4.31 Å². The lowest BCUT2D eigenvalue weighted by Gasteiger charge is -2.28. The normalized spacial score (nSPS) is 16.3. The highest BCUT2D eigenvalue weighted by Gasteiger charge is 2.28. The van der Waals surface area contributed by atoms with Crippen LogP contribution in [0, 0.1) is 0 Å². The Morgan fingerprint density at radius 2 is 1.74 bits per heavy atom. The van der Waals surface area contributed by atoms with Gasteiger partial charge in [0.2, 0.25) is 5.91 Å². The van der Waals surface area contributed by atoms with Gasteiger partial charge in [0, 0.05) is 20.1 Å². The van der Waals surface area contributed by atoms with Crippen LogP contribution in [0.1, 0.15) is 32.1 Å². The highest BCUT2D eigenvalue weighted by atomic mass is 32.2. The highest BCUT2D eigenvalue weighted by Crippen LogP contribution is 2.20. The lowest BCUT2D eigenvalue weighted by molar-refractivity contribution is -0.120. The molecule has 0 heterocycles. The van der Waals surface area contributed by atoms with Gasteiger partial charge < -0.3 is 5.32 Å². The van der Waals surface area contributed by atoms with Crippen molar-refractivity contribution in [2.24, 2.45) is 0 Å². The molecule has 1 amide bonds. The molecule has 1 fully saturated rings. The Hall–Kier alpha value is -1.60. The van der Waals surface area contributed by atoms with E-state index in [1.807, 2.05) is 6.07 Å². The molecule has 1 aliphatic rings. The fourth-order valence-corrected chi connectivity index (χ4v) is 3.81. The molecule has 1 saturated carbocycles. The summed E-state index contributed by atoms with van der Waals surface area (Å²) in [5.74, 6) is -0.258. The van der Waals surface area contributed by atoms with Crippen molar-refractivity contribution in [1.29, 1.82) is 0 Å². The summed E-state index contributed by atoms with van der Waals surface area (Å²) in [7, 11) is -0.797. The number of para-hydroxylation sites is 1. The first-order valence-corrected chi connectivity index (χ1v) is 9.35. The van der Waals surface area contributed by atoms with Gasteiger partial charge >= 0.3 is 10.2 Å². The zero-order chi connectivity index (χ0) is 16.9. The number of amides is 1. The zero-order valence-corrected chi connectivity index (χ0v) is 14.6. The van der Waals surface area contributed by atoms with Gasteiger partial charge in [0.15, 0.2) is 0 Å². The lowest BCUT2D eigenvalue weighted by Crippen LogP contribution is -2.48. The van der Waals surface area contributed by atoms with E-state index in [9.17, 15) is 13.2 Å². The molecule has 0 aromatic heterocycles. The topological polar surface area (TPSA) is 69.7 Å². The third kappa shape index (κ3) is 4.68. The maximum absolute atomic E-state index is 12.5. The summed E-state index contributed by atoms with van der Waals surface area (Å²) in [6.45, 7) is -0.207. The highest BCUT2D eigenvalue weighted by molar-refractivity contribution is 7.90. The molecule has 0 saturated heterocycles. The van der Waals surface area contributed by atoms with Crippen LogP contribution >= 0.6 is 0 Å². The Labute approximate surface area is 138 Å². The van der Waals surface area contributed by atoms with E-state index < -0.39 is 10.2 Å². The van der Waals surface area contributed by atoms with Gasteiger partial charge in [0.25, 0.3) is 0 Å². The first kappa shape index (κ1) is 17.7. The standard InChI is InChI=1S/C16H25N3O3S/c1-18(2)23(21,22)19(15-11-7-4-8-12-15)13-16(20)17-14-9-5-3-6-10-14/h4,7-8,11-12,14H,3,5-6,9-10,13H2,1-2H3,(H,17,20). The number of anilines is 1. The second-order valence-corrected chi connectivity index (χ2v) is 8.10. The van der Waals surface area contributed by atoms with Gasteiger partial charge in [-0.05, 0) is 25.0 Å². The summed E-state index contributed by atoms with van der Waals surface area (Å²) in [5.41, 5.74) is 0.486. The smallest absolute Gasteiger partial charge is 0.304 e. The third-order valence-corrected chi connectivity index (χ3v) is 5.86. The van der Waals surface area contributed by atoms with E-state index in [1.54, 1.807) is 24.3 Å². The van der Waals surface area contributed by atoms with Crippen LogP contribution in [0.5, 0.6) is 0 Å². The second kappa shape index (κ2) is 7.79. The molecule has 23 heavy (non-hydrogen) atoms. The van der Waals surface area contributed by atoms with Crippen LogP contribution in [0.2, 0.25) is 0 Å². The van der Waals surface area contributed by atoms with Crippen LogP contribution in [-0.4, -0.2) is 45.3 Å². The molecule has 2 rings (SSSR count). The molecule has 0 unspecified atom stereocenters. The van der Waals surface area contributed by atoms with Crippen LogP contribution < -0.4 is 9.62 Å². The van der Waals surface area contributed by atoms with Crippen molar-refractivity contribution in [3.63, 3.8) is 0 Å². The van der Waals surface area contributed by atoms with Gasteiger partial charge in [-0.3, -0.25) is 4.79 Å². The minimum Gasteiger partial charge on any atom is -0.352 e. The summed E-state index contributed by atoms with van der Waals surface area (Å²) in [6, 6.07) is 8.87. The molecular weight excluding hydrogens is 314 g/mol. The van der Waals surface area contributed by atoms with Gasteiger partial charge in [0.05, 0.1) is 5.69 Å². The van der Waals surface area contributed by atoms with Crippen molar-refractivity contribution in [2.75, 3.05) is 24.9 Å². The summed E-state index contributed by atoms with van der Waals surface area (Å²) >= 11 is 0. The van der Waals surface area contributed by atoms with Crippen molar-refractivity contribution < 1.29 is 13.2 Å². The number of nitrogens with one attached hydrogen (secondary N) is 1. The Kier molecular flexibility index (Phi) is 6.01.